The zero-order valence-corrected chi connectivity index (χ0v) is 15.7. The van der Waals surface area contributed by atoms with E-state index in [4.69, 9.17) is 11.6 Å². The summed E-state index contributed by atoms with van der Waals surface area (Å²) in [5, 5.41) is 5.39. The lowest BCUT2D eigenvalue weighted by atomic mass is 9.93. The van der Waals surface area contributed by atoms with Crippen LogP contribution in [-0.4, -0.2) is 28.9 Å². The highest BCUT2D eigenvalue weighted by Crippen LogP contribution is 2.31. The number of aromatic nitrogens is 1. The van der Waals surface area contributed by atoms with Gasteiger partial charge in [-0.1, -0.05) is 17.7 Å². The molecule has 0 aliphatic carbocycles. The third-order valence-corrected chi connectivity index (χ3v) is 5.42. The summed E-state index contributed by atoms with van der Waals surface area (Å²) in [4.78, 5) is 29.1. The third kappa shape index (κ3) is 3.43. The summed E-state index contributed by atoms with van der Waals surface area (Å²) in [6.45, 7) is 2.94. The van der Waals surface area contributed by atoms with Gasteiger partial charge in [-0.05, 0) is 66.3 Å². The minimum absolute atomic E-state index is 0.0236. The Morgan fingerprint density at radius 3 is 2.96 bits per heavy atom. The lowest BCUT2D eigenvalue weighted by Crippen LogP contribution is -2.41. The Kier molecular flexibility index (Phi) is 4.62. The van der Waals surface area contributed by atoms with Gasteiger partial charge in [0.25, 0.3) is 5.56 Å². The average Bonchev–Trinajstić information content (AvgIpc) is 2.66. The Hall–Kier alpha value is -2.79. The Labute approximate surface area is 162 Å². The van der Waals surface area contributed by atoms with Gasteiger partial charge in [0, 0.05) is 28.8 Å². The van der Waals surface area contributed by atoms with Gasteiger partial charge in [0.1, 0.15) is 0 Å². The van der Waals surface area contributed by atoms with E-state index in [1.807, 2.05) is 48.2 Å². The van der Waals surface area contributed by atoms with E-state index in [9.17, 15) is 9.59 Å². The van der Waals surface area contributed by atoms with Crippen LogP contribution in [0, 0.1) is 0 Å². The normalized spacial score (nSPS) is 16.2. The van der Waals surface area contributed by atoms with Crippen molar-refractivity contribution in [1.29, 1.82) is 0 Å². The number of H-pyrrole nitrogens is 1. The maximum atomic E-state index is 12.8. The predicted molar refractivity (Wildman–Crippen MR) is 108 cm³/mol. The van der Waals surface area contributed by atoms with Crippen molar-refractivity contribution in [2.45, 2.75) is 19.4 Å². The fourth-order valence-electron chi connectivity index (χ4n) is 3.72. The van der Waals surface area contributed by atoms with E-state index >= 15 is 0 Å². The van der Waals surface area contributed by atoms with Crippen molar-refractivity contribution in [2.24, 2.45) is 0 Å². The molecule has 2 aromatic carbocycles. The zero-order chi connectivity index (χ0) is 19.0. The van der Waals surface area contributed by atoms with Gasteiger partial charge in [0.15, 0.2) is 0 Å². The molecule has 3 aromatic rings. The van der Waals surface area contributed by atoms with Gasteiger partial charge >= 0.3 is 0 Å². The molecule has 1 unspecified atom stereocenters. The Morgan fingerprint density at radius 2 is 2.11 bits per heavy atom. The molecule has 0 bridgehead atoms. The van der Waals surface area contributed by atoms with Crippen LogP contribution in [0.3, 0.4) is 0 Å². The van der Waals surface area contributed by atoms with Gasteiger partial charge in [-0.15, -0.1) is 0 Å². The number of hydrogen-bond acceptors (Lipinski definition) is 3. The maximum Gasteiger partial charge on any atom is 0.255 e. The summed E-state index contributed by atoms with van der Waals surface area (Å²) in [5.41, 5.74) is 3.07. The fraction of sp³-hybridized carbons (Fsp3) is 0.238. The number of anilines is 1. The summed E-state index contributed by atoms with van der Waals surface area (Å²) in [6.07, 6.45) is 2.43. The van der Waals surface area contributed by atoms with Gasteiger partial charge in [-0.2, -0.15) is 0 Å². The molecular formula is C21H20ClN3O2. The van der Waals surface area contributed by atoms with Crippen LogP contribution < -0.4 is 10.9 Å². The number of carbonyl (C=O) groups excluding carboxylic acids is 1. The van der Waals surface area contributed by atoms with Crippen molar-refractivity contribution in [3.8, 4) is 0 Å². The van der Waals surface area contributed by atoms with E-state index < -0.39 is 0 Å². The van der Waals surface area contributed by atoms with Gasteiger partial charge in [0.2, 0.25) is 5.91 Å². The lowest BCUT2D eigenvalue weighted by Gasteiger charge is -2.35. The number of hydrogen-bond donors (Lipinski definition) is 2. The molecule has 6 heteroatoms. The maximum absolute atomic E-state index is 12.8. The molecule has 2 N–H and O–H groups in total. The van der Waals surface area contributed by atoms with E-state index in [0.717, 1.165) is 28.1 Å². The van der Waals surface area contributed by atoms with E-state index in [0.29, 0.717) is 11.9 Å². The summed E-state index contributed by atoms with van der Waals surface area (Å²) in [7, 11) is 0. The van der Waals surface area contributed by atoms with Crippen LogP contribution in [0.1, 0.15) is 24.1 Å². The minimum Gasteiger partial charge on any atom is -0.376 e. The highest BCUT2D eigenvalue weighted by molar-refractivity contribution is 6.30. The molecule has 0 saturated heterocycles. The molecule has 4 rings (SSSR count). The molecule has 1 aromatic heterocycles. The third-order valence-electron chi connectivity index (χ3n) is 5.18. The second-order valence-electron chi connectivity index (χ2n) is 6.82. The molecule has 0 saturated carbocycles. The molecular weight excluding hydrogens is 362 g/mol. The van der Waals surface area contributed by atoms with E-state index in [1.54, 1.807) is 12.3 Å². The molecule has 0 fully saturated rings. The SMILES string of the molecule is CC1c2ccc(Cl)cc2CCN1C(=O)CNc1ccc2c(=O)[nH]ccc2c1. The molecule has 1 atom stereocenters. The molecule has 1 aliphatic heterocycles. The number of pyridine rings is 1. The van der Waals surface area contributed by atoms with Gasteiger partial charge in [-0.25, -0.2) is 0 Å². The lowest BCUT2D eigenvalue weighted by molar-refractivity contribution is -0.131. The number of rotatable bonds is 3. The highest BCUT2D eigenvalue weighted by Gasteiger charge is 2.27. The summed E-state index contributed by atoms with van der Waals surface area (Å²) in [6, 6.07) is 13.2. The number of carbonyl (C=O) groups is 1. The van der Waals surface area contributed by atoms with Crippen molar-refractivity contribution in [1.82, 2.24) is 9.88 Å². The fourth-order valence-corrected chi connectivity index (χ4v) is 3.92. The predicted octanol–water partition coefficient (Wildman–Crippen LogP) is 3.74. The summed E-state index contributed by atoms with van der Waals surface area (Å²) < 4.78 is 0. The van der Waals surface area contributed by atoms with Gasteiger partial charge in [0.05, 0.1) is 12.6 Å². The van der Waals surface area contributed by atoms with Gasteiger partial charge < -0.3 is 15.2 Å². The number of nitrogens with one attached hydrogen (secondary N) is 2. The Morgan fingerprint density at radius 1 is 1.26 bits per heavy atom. The number of benzene rings is 2. The van der Waals surface area contributed by atoms with Crippen LogP contribution in [0.4, 0.5) is 5.69 Å². The molecule has 1 aliphatic rings. The van der Waals surface area contributed by atoms with Crippen molar-refractivity contribution >= 4 is 34.0 Å². The topological polar surface area (TPSA) is 65.2 Å². The van der Waals surface area contributed by atoms with Crippen molar-refractivity contribution in [2.75, 3.05) is 18.4 Å². The van der Waals surface area contributed by atoms with Crippen LogP contribution in [0.25, 0.3) is 10.8 Å². The molecule has 0 radical (unpaired) electrons. The molecule has 138 valence electrons. The Bertz CT molecular complexity index is 1080. The summed E-state index contributed by atoms with van der Waals surface area (Å²) >= 11 is 6.08. The molecule has 27 heavy (non-hydrogen) atoms. The second-order valence-corrected chi connectivity index (χ2v) is 7.26. The van der Waals surface area contributed by atoms with Crippen LogP contribution in [0.5, 0.6) is 0 Å². The van der Waals surface area contributed by atoms with Gasteiger partial charge in [-0.3, -0.25) is 9.59 Å². The average molecular weight is 382 g/mol. The largest absolute Gasteiger partial charge is 0.376 e. The molecule has 1 amide bonds. The van der Waals surface area contributed by atoms with Crippen LogP contribution in [0.15, 0.2) is 53.5 Å². The smallest absolute Gasteiger partial charge is 0.255 e. The standard InChI is InChI=1S/C21H20ClN3O2/c1-13-18-4-2-16(22)10-15(18)7-9-25(13)20(26)12-24-17-3-5-19-14(11-17)6-8-23-21(19)27/h2-6,8,10-11,13,24H,7,9,12H2,1H3,(H,23,27). The molecule has 0 spiro atoms. The first-order valence-corrected chi connectivity index (χ1v) is 9.34. The van der Waals surface area contributed by atoms with Crippen LogP contribution in [-0.2, 0) is 11.2 Å². The summed E-state index contributed by atoms with van der Waals surface area (Å²) in [5.74, 6) is 0.0501. The molecule has 5 nitrogen and oxygen atoms in total. The zero-order valence-electron chi connectivity index (χ0n) is 15.0. The second kappa shape index (κ2) is 7.08. The quantitative estimate of drug-likeness (QED) is 0.726. The number of fused-ring (bicyclic) bond motifs is 2. The van der Waals surface area contributed by atoms with Crippen molar-refractivity contribution in [3.63, 3.8) is 0 Å². The number of amides is 1. The van der Waals surface area contributed by atoms with E-state index in [1.165, 1.54) is 5.56 Å². The minimum atomic E-state index is -0.115. The van der Waals surface area contributed by atoms with Crippen molar-refractivity contribution < 1.29 is 4.79 Å². The number of aromatic amines is 1. The highest BCUT2D eigenvalue weighted by atomic mass is 35.5. The number of nitrogens with zero attached hydrogens (tertiary/aromatic N) is 1. The van der Waals surface area contributed by atoms with Crippen LogP contribution >= 0.6 is 11.6 Å². The van der Waals surface area contributed by atoms with Crippen LogP contribution in [0.2, 0.25) is 5.02 Å². The van der Waals surface area contributed by atoms with E-state index in [-0.39, 0.29) is 24.1 Å². The molecule has 2 heterocycles. The van der Waals surface area contributed by atoms with E-state index in [2.05, 4.69) is 10.3 Å². The first-order valence-electron chi connectivity index (χ1n) is 8.96. The Balaban J connectivity index is 1.47. The first kappa shape index (κ1) is 17.6. The monoisotopic (exact) mass is 381 g/mol. The first-order chi connectivity index (χ1) is 13.0. The van der Waals surface area contributed by atoms with Crippen molar-refractivity contribution in [3.05, 3.63) is 75.2 Å². The number of halogens is 1.